The van der Waals surface area contributed by atoms with Gasteiger partial charge in [0.2, 0.25) is 5.91 Å². The van der Waals surface area contributed by atoms with Crippen LogP contribution in [0.4, 0.5) is 10.1 Å². The minimum atomic E-state index is -0.249. The molecule has 0 aliphatic carbocycles. The van der Waals surface area contributed by atoms with E-state index in [0.717, 1.165) is 37.1 Å². The molecule has 1 fully saturated rings. The third-order valence-corrected chi connectivity index (χ3v) is 5.06. The quantitative estimate of drug-likeness (QED) is 0.720. The van der Waals surface area contributed by atoms with Crippen LogP contribution in [0.3, 0.4) is 0 Å². The second-order valence-corrected chi connectivity index (χ2v) is 6.67. The summed E-state index contributed by atoms with van der Waals surface area (Å²) in [6.45, 7) is 3.77. The van der Waals surface area contributed by atoms with Crippen molar-refractivity contribution in [3.63, 3.8) is 0 Å². The minimum Gasteiger partial charge on any atom is -0.368 e. The Hall–Kier alpha value is -2.82. The summed E-state index contributed by atoms with van der Waals surface area (Å²) in [4.78, 5) is 16.8. The molecule has 0 unspecified atom stereocenters. The minimum absolute atomic E-state index is 0.163. The number of aryl methyl sites for hydroxylation is 1. The van der Waals surface area contributed by atoms with Crippen LogP contribution in [-0.2, 0) is 11.3 Å². The number of carbonyl (C=O) groups excluding carboxylic acids is 1. The molecule has 0 spiro atoms. The van der Waals surface area contributed by atoms with E-state index < -0.39 is 0 Å². The molecule has 1 amide bonds. The summed E-state index contributed by atoms with van der Waals surface area (Å²) in [6, 6.07) is 17.0. The summed E-state index contributed by atoms with van der Waals surface area (Å²) < 4.78 is 15.4. The van der Waals surface area contributed by atoms with Crippen LogP contribution in [-0.4, -0.2) is 41.6 Å². The van der Waals surface area contributed by atoms with Gasteiger partial charge in [-0.15, -0.1) is 0 Å². The van der Waals surface area contributed by atoms with E-state index >= 15 is 0 Å². The summed E-state index contributed by atoms with van der Waals surface area (Å²) in [5.74, 6) is -0.0863. The monoisotopic (exact) mass is 351 g/mol. The first kappa shape index (κ1) is 16.6. The molecule has 0 radical (unpaired) electrons. The maximum atomic E-state index is 13.5. The Bertz CT molecular complexity index is 898. The highest BCUT2D eigenvalue weighted by atomic mass is 19.1. The number of fused-ring (bicyclic) bond motifs is 1. The first-order chi connectivity index (χ1) is 12.7. The Morgan fingerprint density at radius 2 is 1.73 bits per heavy atom. The first-order valence-electron chi connectivity index (χ1n) is 9.03. The fourth-order valence-corrected chi connectivity index (χ4v) is 3.58. The molecule has 0 N–H and O–H groups in total. The number of aromatic nitrogens is 1. The van der Waals surface area contributed by atoms with E-state index in [0.29, 0.717) is 13.0 Å². The van der Waals surface area contributed by atoms with E-state index in [9.17, 15) is 9.18 Å². The Morgan fingerprint density at radius 3 is 2.50 bits per heavy atom. The van der Waals surface area contributed by atoms with Crippen LogP contribution in [0.15, 0.2) is 60.8 Å². The Labute approximate surface area is 152 Å². The van der Waals surface area contributed by atoms with E-state index in [1.54, 1.807) is 6.07 Å². The molecule has 4 nitrogen and oxygen atoms in total. The van der Waals surface area contributed by atoms with Crippen LogP contribution in [0.5, 0.6) is 0 Å². The lowest BCUT2D eigenvalue weighted by molar-refractivity contribution is -0.131. The Kier molecular flexibility index (Phi) is 4.61. The largest absolute Gasteiger partial charge is 0.368 e. The van der Waals surface area contributed by atoms with Crippen molar-refractivity contribution < 1.29 is 9.18 Å². The highest BCUT2D eigenvalue weighted by molar-refractivity contribution is 5.81. The maximum absolute atomic E-state index is 13.5. The number of nitrogens with zero attached hydrogens (tertiary/aromatic N) is 3. The van der Waals surface area contributed by atoms with Gasteiger partial charge in [0.15, 0.2) is 0 Å². The smallest absolute Gasteiger partial charge is 0.224 e. The van der Waals surface area contributed by atoms with E-state index in [-0.39, 0.29) is 11.7 Å². The highest BCUT2D eigenvalue weighted by Crippen LogP contribution is 2.19. The van der Waals surface area contributed by atoms with Crippen molar-refractivity contribution in [1.82, 2.24) is 9.47 Å². The van der Waals surface area contributed by atoms with Crippen LogP contribution >= 0.6 is 0 Å². The zero-order valence-corrected chi connectivity index (χ0v) is 14.6. The van der Waals surface area contributed by atoms with Crippen LogP contribution in [0.25, 0.3) is 10.9 Å². The first-order valence-corrected chi connectivity index (χ1v) is 9.03. The lowest BCUT2D eigenvalue weighted by atomic mass is 10.2. The number of amides is 1. The van der Waals surface area contributed by atoms with Gasteiger partial charge in [-0.3, -0.25) is 4.79 Å². The van der Waals surface area contributed by atoms with Gasteiger partial charge in [0.1, 0.15) is 5.82 Å². The number of anilines is 1. The molecule has 26 heavy (non-hydrogen) atoms. The molecule has 1 aliphatic heterocycles. The number of benzene rings is 2. The molecule has 4 rings (SSSR count). The van der Waals surface area contributed by atoms with Crippen molar-refractivity contribution in [2.45, 2.75) is 13.0 Å². The number of rotatable bonds is 4. The van der Waals surface area contributed by atoms with E-state index in [2.05, 4.69) is 17.0 Å². The predicted octanol–water partition coefficient (Wildman–Crippen LogP) is 3.52. The fourth-order valence-electron chi connectivity index (χ4n) is 3.58. The molecular weight excluding hydrogens is 329 g/mol. The molecule has 2 aromatic carbocycles. The van der Waals surface area contributed by atoms with Crippen molar-refractivity contribution >= 4 is 22.5 Å². The van der Waals surface area contributed by atoms with Gasteiger partial charge in [0.25, 0.3) is 0 Å². The van der Waals surface area contributed by atoms with E-state index in [1.807, 2.05) is 39.9 Å². The van der Waals surface area contributed by atoms with Crippen LogP contribution in [0.1, 0.15) is 6.42 Å². The summed E-state index contributed by atoms with van der Waals surface area (Å²) in [5, 5.41) is 0.996. The highest BCUT2D eigenvalue weighted by Gasteiger charge is 2.21. The predicted molar refractivity (Wildman–Crippen MR) is 102 cm³/mol. The van der Waals surface area contributed by atoms with Crippen LogP contribution in [0, 0.1) is 5.82 Å². The lowest BCUT2D eigenvalue weighted by Gasteiger charge is -2.36. The maximum Gasteiger partial charge on any atom is 0.224 e. The van der Waals surface area contributed by atoms with E-state index in [4.69, 9.17) is 0 Å². The molecular formula is C21H22FN3O. The topological polar surface area (TPSA) is 28.5 Å². The van der Waals surface area contributed by atoms with Gasteiger partial charge in [-0.1, -0.05) is 18.2 Å². The van der Waals surface area contributed by atoms with Crippen molar-refractivity contribution in [1.29, 1.82) is 0 Å². The fraction of sp³-hybridized carbons (Fsp3) is 0.286. The number of piperazine rings is 1. The van der Waals surface area contributed by atoms with Gasteiger partial charge in [0.05, 0.1) is 5.52 Å². The molecule has 3 aromatic rings. The van der Waals surface area contributed by atoms with Crippen molar-refractivity contribution in [2.24, 2.45) is 0 Å². The second kappa shape index (κ2) is 7.20. The van der Waals surface area contributed by atoms with Crippen LogP contribution < -0.4 is 4.90 Å². The molecule has 0 saturated carbocycles. The van der Waals surface area contributed by atoms with Crippen LogP contribution in [0.2, 0.25) is 0 Å². The van der Waals surface area contributed by atoms with Crippen molar-refractivity contribution in [3.05, 3.63) is 66.6 Å². The molecule has 1 aromatic heterocycles. The van der Waals surface area contributed by atoms with E-state index in [1.165, 1.54) is 17.8 Å². The number of para-hydroxylation sites is 1. The summed E-state index contributed by atoms with van der Waals surface area (Å²) in [5.41, 5.74) is 2.05. The van der Waals surface area contributed by atoms with Gasteiger partial charge in [-0.2, -0.15) is 0 Å². The van der Waals surface area contributed by atoms with Gasteiger partial charge in [-0.05, 0) is 41.8 Å². The summed E-state index contributed by atoms with van der Waals surface area (Å²) >= 11 is 0. The Morgan fingerprint density at radius 1 is 0.962 bits per heavy atom. The SMILES string of the molecule is O=C(CCn1ccc2ccc(F)cc21)N1CCN(c2ccccc2)CC1. The second-order valence-electron chi connectivity index (χ2n) is 6.67. The lowest BCUT2D eigenvalue weighted by Crippen LogP contribution is -2.48. The molecule has 134 valence electrons. The number of carbonyl (C=O) groups is 1. The van der Waals surface area contributed by atoms with Gasteiger partial charge >= 0.3 is 0 Å². The molecule has 0 bridgehead atoms. The van der Waals surface area contributed by atoms with Crippen molar-refractivity contribution in [2.75, 3.05) is 31.1 Å². The van der Waals surface area contributed by atoms with Gasteiger partial charge < -0.3 is 14.4 Å². The third kappa shape index (κ3) is 3.43. The number of halogens is 1. The van der Waals surface area contributed by atoms with Gasteiger partial charge in [-0.25, -0.2) is 4.39 Å². The Balaban J connectivity index is 1.33. The molecule has 0 atom stereocenters. The number of hydrogen-bond acceptors (Lipinski definition) is 2. The summed E-state index contributed by atoms with van der Waals surface area (Å²) in [7, 11) is 0. The number of hydrogen-bond donors (Lipinski definition) is 0. The zero-order valence-electron chi connectivity index (χ0n) is 14.6. The molecule has 5 heteroatoms. The average molecular weight is 351 g/mol. The zero-order chi connectivity index (χ0) is 17.9. The summed E-state index contributed by atoms with van der Waals surface area (Å²) in [6.07, 6.45) is 2.36. The third-order valence-electron chi connectivity index (χ3n) is 5.06. The molecule has 2 heterocycles. The normalized spacial score (nSPS) is 14.8. The average Bonchev–Trinajstić information content (AvgIpc) is 3.09. The van der Waals surface area contributed by atoms with Gasteiger partial charge in [0, 0.05) is 51.0 Å². The standard InChI is InChI=1S/C21H22FN3O/c22-18-7-6-17-8-10-24(20(17)16-18)11-9-21(26)25-14-12-23(13-15-25)19-4-2-1-3-5-19/h1-8,10,16H,9,11-15H2. The van der Waals surface area contributed by atoms with Crippen molar-refractivity contribution in [3.8, 4) is 0 Å². The molecule has 1 saturated heterocycles. The molecule has 1 aliphatic rings.